The number of ether oxygens (including phenoxy) is 1. The van der Waals surface area contributed by atoms with Gasteiger partial charge in [0.25, 0.3) is 5.91 Å². The zero-order valence-electron chi connectivity index (χ0n) is 13.1. The van der Waals surface area contributed by atoms with Gasteiger partial charge in [-0.05, 0) is 17.5 Å². The Labute approximate surface area is 149 Å². The number of oxazole rings is 1. The Balaban J connectivity index is 1.53. The monoisotopic (exact) mass is 383 g/mol. The summed E-state index contributed by atoms with van der Waals surface area (Å²) in [5.74, 6) is -0.186. The number of carbonyl (C=O) groups excluding carboxylic acids is 1. The summed E-state index contributed by atoms with van der Waals surface area (Å²) in [5.41, 5.74) is 0.728. The molecular weight excluding hydrogens is 371 g/mol. The number of carbonyl (C=O) groups is 1. The van der Waals surface area contributed by atoms with E-state index in [2.05, 4.69) is 20.0 Å². The smallest absolute Gasteiger partial charge is 0.422 e. The van der Waals surface area contributed by atoms with Gasteiger partial charge in [-0.25, -0.2) is 9.97 Å². The molecule has 10 heteroatoms. The van der Waals surface area contributed by atoms with Crippen LogP contribution in [0.15, 0.2) is 46.5 Å². The Morgan fingerprint density at radius 2 is 2.15 bits per heavy atom. The van der Waals surface area contributed by atoms with Gasteiger partial charge in [-0.3, -0.25) is 4.79 Å². The fraction of sp³-hybridized carbons (Fsp3) is 0.188. The van der Waals surface area contributed by atoms with Crippen LogP contribution in [0.25, 0.3) is 10.8 Å². The van der Waals surface area contributed by atoms with E-state index in [-0.39, 0.29) is 18.0 Å². The van der Waals surface area contributed by atoms with Crippen LogP contribution in [0.4, 0.5) is 13.2 Å². The lowest BCUT2D eigenvalue weighted by Gasteiger charge is -2.08. The Hall–Kier alpha value is -2.88. The molecule has 3 aromatic rings. The van der Waals surface area contributed by atoms with Gasteiger partial charge in [-0.1, -0.05) is 6.07 Å². The summed E-state index contributed by atoms with van der Waals surface area (Å²) in [6, 6.07) is 6.27. The van der Waals surface area contributed by atoms with Crippen LogP contribution in [0, 0.1) is 0 Å². The molecule has 0 atom stereocenters. The van der Waals surface area contributed by atoms with Gasteiger partial charge in [0.05, 0.1) is 22.7 Å². The highest BCUT2D eigenvalue weighted by atomic mass is 32.1. The van der Waals surface area contributed by atoms with E-state index in [0.29, 0.717) is 11.6 Å². The summed E-state index contributed by atoms with van der Waals surface area (Å²) >= 11 is 1.48. The van der Waals surface area contributed by atoms with Crippen molar-refractivity contribution in [3.8, 4) is 16.6 Å². The summed E-state index contributed by atoms with van der Waals surface area (Å²) in [4.78, 5) is 20.9. The number of rotatable bonds is 6. The highest BCUT2D eigenvalue weighted by Crippen LogP contribution is 2.23. The van der Waals surface area contributed by atoms with Gasteiger partial charge in [-0.15, -0.1) is 11.3 Å². The average Bonchev–Trinajstić information content (AvgIpc) is 3.29. The summed E-state index contributed by atoms with van der Waals surface area (Å²) in [6.07, 6.45) is -1.86. The molecule has 0 saturated heterocycles. The molecule has 6 nitrogen and oxygen atoms in total. The van der Waals surface area contributed by atoms with Crippen LogP contribution in [-0.4, -0.2) is 28.7 Å². The number of nitrogens with zero attached hydrogens (tertiary/aromatic N) is 2. The number of aromatic nitrogens is 2. The van der Waals surface area contributed by atoms with Gasteiger partial charge < -0.3 is 14.5 Å². The van der Waals surface area contributed by atoms with Gasteiger partial charge in [0.2, 0.25) is 11.8 Å². The van der Waals surface area contributed by atoms with Crippen molar-refractivity contribution < 1.29 is 27.1 Å². The summed E-state index contributed by atoms with van der Waals surface area (Å²) in [5, 5.41) is 4.53. The molecule has 0 radical (unpaired) electrons. The van der Waals surface area contributed by atoms with E-state index >= 15 is 0 Å². The molecule has 3 rings (SSSR count). The maximum atomic E-state index is 12.1. The maximum absolute atomic E-state index is 12.1. The first-order valence-electron chi connectivity index (χ1n) is 7.33. The third-order valence-electron chi connectivity index (χ3n) is 3.10. The molecule has 0 aliphatic rings. The second-order valence-corrected chi connectivity index (χ2v) is 6.04. The number of nitrogens with one attached hydrogen (secondary N) is 1. The molecule has 0 aliphatic heterocycles. The molecule has 136 valence electrons. The highest BCUT2D eigenvalue weighted by molar-refractivity contribution is 7.13. The molecule has 0 aromatic carbocycles. The second-order valence-electron chi connectivity index (χ2n) is 5.09. The van der Waals surface area contributed by atoms with Crippen molar-refractivity contribution in [2.75, 3.05) is 6.61 Å². The zero-order valence-corrected chi connectivity index (χ0v) is 13.9. The molecule has 3 aromatic heterocycles. The fourth-order valence-corrected chi connectivity index (χ4v) is 2.59. The number of hydrogen-bond acceptors (Lipinski definition) is 6. The van der Waals surface area contributed by atoms with Crippen molar-refractivity contribution in [2.45, 2.75) is 12.7 Å². The summed E-state index contributed by atoms with van der Waals surface area (Å²) in [6.45, 7) is -1.30. The SMILES string of the molecule is O=C(NCc1coc(-c2cccs2)n1)c1ccc(OCC(F)(F)F)nc1. The lowest BCUT2D eigenvalue weighted by atomic mass is 10.2. The Bertz CT molecular complexity index is 861. The third-order valence-corrected chi connectivity index (χ3v) is 3.95. The van der Waals surface area contributed by atoms with Crippen molar-refractivity contribution in [1.29, 1.82) is 0 Å². The first-order valence-corrected chi connectivity index (χ1v) is 8.21. The van der Waals surface area contributed by atoms with Gasteiger partial charge in [-0.2, -0.15) is 13.2 Å². The van der Waals surface area contributed by atoms with E-state index in [1.807, 2.05) is 17.5 Å². The zero-order chi connectivity index (χ0) is 18.6. The summed E-state index contributed by atoms with van der Waals surface area (Å²) < 4.78 is 46.0. The Morgan fingerprint density at radius 3 is 2.81 bits per heavy atom. The molecule has 1 amide bonds. The lowest BCUT2D eigenvalue weighted by molar-refractivity contribution is -0.154. The number of hydrogen-bond donors (Lipinski definition) is 1. The standard InChI is InChI=1S/C16H12F3N3O3S/c17-16(18,19)9-25-13-4-3-10(6-20-13)14(23)21-7-11-8-24-15(22-11)12-2-1-5-26-12/h1-6,8H,7,9H2,(H,21,23). The van der Waals surface area contributed by atoms with Gasteiger partial charge in [0, 0.05) is 12.3 Å². The van der Waals surface area contributed by atoms with Crippen LogP contribution in [0.1, 0.15) is 16.1 Å². The Morgan fingerprint density at radius 1 is 1.31 bits per heavy atom. The normalized spacial score (nSPS) is 11.3. The first kappa shape index (κ1) is 17.9. The van der Waals surface area contributed by atoms with Crippen LogP contribution in [0.2, 0.25) is 0 Å². The molecule has 3 heterocycles. The third kappa shape index (κ3) is 4.82. The molecule has 0 aliphatic carbocycles. The van der Waals surface area contributed by atoms with Gasteiger partial charge >= 0.3 is 6.18 Å². The van der Waals surface area contributed by atoms with Crippen LogP contribution in [-0.2, 0) is 6.54 Å². The average molecular weight is 383 g/mol. The number of alkyl halides is 3. The van der Waals surface area contributed by atoms with E-state index in [0.717, 1.165) is 11.1 Å². The molecule has 0 spiro atoms. The molecule has 0 fully saturated rings. The topological polar surface area (TPSA) is 77.2 Å². The van der Waals surface area contributed by atoms with Crippen molar-refractivity contribution in [3.63, 3.8) is 0 Å². The van der Waals surface area contributed by atoms with E-state index < -0.39 is 18.7 Å². The van der Waals surface area contributed by atoms with Crippen molar-refractivity contribution in [2.24, 2.45) is 0 Å². The quantitative estimate of drug-likeness (QED) is 0.703. The highest BCUT2D eigenvalue weighted by Gasteiger charge is 2.28. The molecular formula is C16H12F3N3O3S. The largest absolute Gasteiger partial charge is 0.468 e. The molecule has 0 unspecified atom stereocenters. The van der Waals surface area contributed by atoms with Crippen molar-refractivity contribution in [1.82, 2.24) is 15.3 Å². The second kappa shape index (κ2) is 7.56. The van der Waals surface area contributed by atoms with Gasteiger partial charge in [0.1, 0.15) is 6.26 Å². The molecule has 26 heavy (non-hydrogen) atoms. The predicted octanol–water partition coefficient (Wildman–Crippen LogP) is 3.67. The maximum Gasteiger partial charge on any atom is 0.422 e. The van der Waals surface area contributed by atoms with E-state index in [9.17, 15) is 18.0 Å². The van der Waals surface area contributed by atoms with Crippen molar-refractivity contribution in [3.05, 3.63) is 53.4 Å². The van der Waals surface area contributed by atoms with E-state index in [1.54, 1.807) is 0 Å². The van der Waals surface area contributed by atoms with Crippen LogP contribution >= 0.6 is 11.3 Å². The number of thiophene rings is 1. The minimum Gasteiger partial charge on any atom is -0.468 e. The van der Waals surface area contributed by atoms with Gasteiger partial charge in [0.15, 0.2) is 6.61 Å². The summed E-state index contributed by atoms with van der Waals surface area (Å²) in [7, 11) is 0. The lowest BCUT2D eigenvalue weighted by Crippen LogP contribution is -2.23. The van der Waals surface area contributed by atoms with Crippen molar-refractivity contribution >= 4 is 17.2 Å². The van der Waals surface area contributed by atoms with E-state index in [1.165, 1.54) is 29.7 Å². The number of pyridine rings is 1. The minimum absolute atomic E-state index is 0.139. The molecule has 0 saturated carbocycles. The molecule has 0 bridgehead atoms. The van der Waals surface area contributed by atoms with Crippen LogP contribution < -0.4 is 10.1 Å². The van der Waals surface area contributed by atoms with Crippen LogP contribution in [0.3, 0.4) is 0 Å². The Kier molecular flexibility index (Phi) is 5.21. The predicted molar refractivity (Wildman–Crippen MR) is 86.8 cm³/mol. The molecule has 1 N–H and O–H groups in total. The number of amides is 1. The van der Waals surface area contributed by atoms with E-state index in [4.69, 9.17) is 4.42 Å². The fourth-order valence-electron chi connectivity index (χ4n) is 1.93. The van der Waals surface area contributed by atoms with Crippen LogP contribution in [0.5, 0.6) is 5.88 Å². The first-order chi connectivity index (χ1) is 12.4. The minimum atomic E-state index is -4.45. The number of halogens is 3.